The van der Waals surface area contributed by atoms with Crippen LogP contribution in [0.5, 0.6) is 0 Å². The van der Waals surface area contributed by atoms with Gasteiger partial charge < -0.3 is 4.74 Å². The van der Waals surface area contributed by atoms with Crippen LogP contribution in [0.2, 0.25) is 5.15 Å². The molecule has 3 rings (SSSR count). The van der Waals surface area contributed by atoms with Crippen molar-refractivity contribution in [3.8, 4) is 0 Å². The van der Waals surface area contributed by atoms with Crippen molar-refractivity contribution in [1.29, 1.82) is 0 Å². The number of ether oxygens (including phenoxy) is 1. The smallest absolute Gasteiger partial charge is 0.178 e. The molecule has 3 heterocycles. The van der Waals surface area contributed by atoms with Gasteiger partial charge in [0.05, 0.1) is 17.9 Å². The molecule has 0 atom stereocenters. The lowest BCUT2D eigenvalue weighted by atomic mass is 9.82. The SMILES string of the molecule is CC(C)(C1CCOCC1)n1ncc2ncc(Cl)nc21. The fourth-order valence-electron chi connectivity index (χ4n) is 2.78. The van der Waals surface area contributed by atoms with E-state index in [1.807, 2.05) is 4.68 Å². The van der Waals surface area contributed by atoms with E-state index < -0.39 is 0 Å². The van der Waals surface area contributed by atoms with E-state index in [1.54, 1.807) is 12.4 Å². The molecule has 0 aliphatic carbocycles. The van der Waals surface area contributed by atoms with Crippen molar-refractivity contribution >= 4 is 22.8 Å². The monoisotopic (exact) mass is 280 g/mol. The van der Waals surface area contributed by atoms with Crippen LogP contribution in [0.3, 0.4) is 0 Å². The Kier molecular flexibility index (Phi) is 3.19. The summed E-state index contributed by atoms with van der Waals surface area (Å²) in [6, 6.07) is 0. The molecule has 0 amide bonds. The molecule has 2 aromatic heterocycles. The Hall–Kier alpha value is -1.20. The molecule has 0 N–H and O–H groups in total. The van der Waals surface area contributed by atoms with E-state index >= 15 is 0 Å². The molecule has 1 aliphatic rings. The van der Waals surface area contributed by atoms with Crippen LogP contribution < -0.4 is 0 Å². The zero-order valence-electron chi connectivity index (χ0n) is 11.1. The molecule has 1 fully saturated rings. The highest BCUT2D eigenvalue weighted by Crippen LogP contribution is 2.34. The van der Waals surface area contributed by atoms with Crippen molar-refractivity contribution in [3.63, 3.8) is 0 Å². The van der Waals surface area contributed by atoms with Crippen LogP contribution in [-0.2, 0) is 10.3 Å². The number of rotatable bonds is 2. The molecule has 0 aromatic carbocycles. The molecule has 1 saturated heterocycles. The van der Waals surface area contributed by atoms with Gasteiger partial charge in [0, 0.05) is 13.2 Å². The Labute approximate surface area is 116 Å². The molecular weight excluding hydrogens is 264 g/mol. The minimum atomic E-state index is -0.120. The van der Waals surface area contributed by atoms with E-state index in [0.29, 0.717) is 11.1 Å². The van der Waals surface area contributed by atoms with Crippen LogP contribution in [0.4, 0.5) is 0 Å². The summed E-state index contributed by atoms with van der Waals surface area (Å²) in [5, 5.41) is 4.88. The van der Waals surface area contributed by atoms with Gasteiger partial charge in [0.25, 0.3) is 0 Å². The lowest BCUT2D eigenvalue weighted by Crippen LogP contribution is -2.39. The summed E-state index contributed by atoms with van der Waals surface area (Å²) in [6.45, 7) is 6.02. The molecule has 6 heteroatoms. The van der Waals surface area contributed by atoms with Gasteiger partial charge in [-0.25, -0.2) is 14.6 Å². The largest absolute Gasteiger partial charge is 0.381 e. The second-order valence-corrected chi connectivity index (χ2v) is 5.89. The van der Waals surface area contributed by atoms with Gasteiger partial charge in [-0.3, -0.25) is 0 Å². The van der Waals surface area contributed by atoms with Gasteiger partial charge in [-0.1, -0.05) is 11.6 Å². The maximum Gasteiger partial charge on any atom is 0.178 e. The third kappa shape index (κ3) is 2.21. The molecule has 5 nitrogen and oxygen atoms in total. The number of aromatic nitrogens is 4. The fraction of sp³-hybridized carbons (Fsp3) is 0.615. The van der Waals surface area contributed by atoms with E-state index in [1.165, 1.54) is 0 Å². The van der Waals surface area contributed by atoms with Gasteiger partial charge in [0.15, 0.2) is 5.65 Å². The summed E-state index contributed by atoms with van der Waals surface area (Å²) < 4.78 is 7.40. The van der Waals surface area contributed by atoms with Crippen LogP contribution in [0, 0.1) is 5.92 Å². The molecule has 2 aromatic rings. The average molecular weight is 281 g/mol. The first-order valence-corrected chi connectivity index (χ1v) is 6.91. The minimum Gasteiger partial charge on any atom is -0.381 e. The molecule has 102 valence electrons. The lowest BCUT2D eigenvalue weighted by molar-refractivity contribution is 0.0240. The van der Waals surface area contributed by atoms with Crippen molar-refractivity contribution in [2.75, 3.05) is 13.2 Å². The number of hydrogen-bond donors (Lipinski definition) is 0. The van der Waals surface area contributed by atoms with Crippen molar-refractivity contribution in [1.82, 2.24) is 19.7 Å². The van der Waals surface area contributed by atoms with Gasteiger partial charge >= 0.3 is 0 Å². The Morgan fingerprint density at radius 1 is 1.32 bits per heavy atom. The Bertz CT molecular complexity index is 589. The molecular formula is C13H17ClN4O. The first kappa shape index (κ1) is 12.8. The van der Waals surface area contributed by atoms with E-state index in [9.17, 15) is 0 Å². The van der Waals surface area contributed by atoms with Gasteiger partial charge in [-0.05, 0) is 32.6 Å². The molecule has 0 saturated carbocycles. The van der Waals surface area contributed by atoms with Crippen LogP contribution in [-0.4, -0.2) is 33.0 Å². The molecule has 19 heavy (non-hydrogen) atoms. The normalized spacial score (nSPS) is 18.1. The zero-order chi connectivity index (χ0) is 13.5. The van der Waals surface area contributed by atoms with E-state index in [4.69, 9.17) is 16.3 Å². The van der Waals surface area contributed by atoms with Gasteiger partial charge in [-0.15, -0.1) is 0 Å². The third-order valence-corrected chi connectivity index (χ3v) is 4.20. The maximum absolute atomic E-state index is 5.95. The fourth-order valence-corrected chi connectivity index (χ4v) is 2.91. The van der Waals surface area contributed by atoms with Crippen LogP contribution in [0.1, 0.15) is 26.7 Å². The molecule has 0 radical (unpaired) electrons. The van der Waals surface area contributed by atoms with Crippen molar-refractivity contribution < 1.29 is 4.74 Å². The number of fused-ring (bicyclic) bond motifs is 1. The summed E-state index contributed by atoms with van der Waals surface area (Å²) in [5.74, 6) is 0.519. The van der Waals surface area contributed by atoms with E-state index in [-0.39, 0.29) is 5.54 Å². The minimum absolute atomic E-state index is 0.120. The van der Waals surface area contributed by atoms with Gasteiger partial charge in [-0.2, -0.15) is 5.10 Å². The van der Waals surface area contributed by atoms with Crippen LogP contribution in [0.25, 0.3) is 11.2 Å². The second kappa shape index (κ2) is 4.72. The van der Waals surface area contributed by atoms with Crippen molar-refractivity contribution in [2.24, 2.45) is 5.92 Å². The van der Waals surface area contributed by atoms with Crippen molar-refractivity contribution in [2.45, 2.75) is 32.2 Å². The van der Waals surface area contributed by atoms with E-state index in [0.717, 1.165) is 37.2 Å². The third-order valence-electron chi connectivity index (χ3n) is 4.01. The second-order valence-electron chi connectivity index (χ2n) is 5.50. The highest BCUT2D eigenvalue weighted by molar-refractivity contribution is 6.29. The summed E-state index contributed by atoms with van der Waals surface area (Å²) in [4.78, 5) is 8.63. The highest BCUT2D eigenvalue weighted by Gasteiger charge is 2.34. The first-order valence-electron chi connectivity index (χ1n) is 6.53. The van der Waals surface area contributed by atoms with Crippen LogP contribution in [0.15, 0.2) is 12.4 Å². The summed E-state index contributed by atoms with van der Waals surface area (Å²) in [7, 11) is 0. The summed E-state index contributed by atoms with van der Waals surface area (Å²) in [5.41, 5.74) is 1.42. The lowest BCUT2D eigenvalue weighted by Gasteiger charge is -2.37. The average Bonchev–Trinajstić information content (AvgIpc) is 2.83. The highest BCUT2D eigenvalue weighted by atomic mass is 35.5. The standard InChI is InChI=1S/C13H17ClN4O/c1-13(2,9-3-5-19-6-4-9)18-12-10(7-16-18)15-8-11(14)17-12/h7-9H,3-6H2,1-2H3. The maximum atomic E-state index is 5.95. The number of hydrogen-bond acceptors (Lipinski definition) is 4. The topological polar surface area (TPSA) is 52.8 Å². The number of halogens is 1. The molecule has 0 spiro atoms. The predicted molar refractivity (Wildman–Crippen MR) is 73.2 cm³/mol. The molecule has 1 aliphatic heterocycles. The summed E-state index contributed by atoms with van der Waals surface area (Å²) in [6.07, 6.45) is 5.39. The van der Waals surface area contributed by atoms with Crippen molar-refractivity contribution in [3.05, 3.63) is 17.5 Å². The Morgan fingerprint density at radius 2 is 2.05 bits per heavy atom. The van der Waals surface area contributed by atoms with E-state index in [2.05, 4.69) is 28.9 Å². The Morgan fingerprint density at radius 3 is 2.79 bits per heavy atom. The van der Waals surface area contributed by atoms with Crippen LogP contribution >= 0.6 is 11.6 Å². The molecule has 0 unspecified atom stereocenters. The predicted octanol–water partition coefficient (Wildman–Crippen LogP) is 2.64. The van der Waals surface area contributed by atoms with Gasteiger partial charge in [0.2, 0.25) is 0 Å². The zero-order valence-corrected chi connectivity index (χ0v) is 11.9. The first-order chi connectivity index (χ1) is 9.09. The summed E-state index contributed by atoms with van der Waals surface area (Å²) >= 11 is 5.95. The quantitative estimate of drug-likeness (QED) is 0.849. The van der Waals surface area contributed by atoms with Gasteiger partial charge in [0.1, 0.15) is 10.7 Å². The molecule has 0 bridgehead atoms. The number of nitrogens with zero attached hydrogens (tertiary/aromatic N) is 4. The Balaban J connectivity index is 2.04.